The van der Waals surface area contributed by atoms with Crippen molar-refractivity contribution < 1.29 is 9.72 Å². The van der Waals surface area contributed by atoms with Gasteiger partial charge in [0.25, 0.3) is 11.6 Å². The quantitative estimate of drug-likeness (QED) is 0.299. The number of benzene rings is 2. The highest BCUT2D eigenvalue weighted by molar-refractivity contribution is 8.26. The number of thiocarbonyl (C=S) groups is 1. The predicted octanol–water partition coefficient (Wildman–Crippen LogP) is 5.17. The number of amides is 1. The van der Waals surface area contributed by atoms with Crippen molar-refractivity contribution in [2.45, 2.75) is 0 Å². The van der Waals surface area contributed by atoms with E-state index in [1.54, 1.807) is 36.4 Å². The second-order valence-electron chi connectivity index (χ2n) is 5.42. The first kappa shape index (κ1) is 19.6. The van der Waals surface area contributed by atoms with Crippen LogP contribution in [0.2, 0.25) is 10.0 Å². The molecule has 10 heteroatoms. The van der Waals surface area contributed by atoms with Crippen LogP contribution in [0.3, 0.4) is 0 Å². The van der Waals surface area contributed by atoms with Gasteiger partial charge in [0.05, 0.1) is 26.5 Å². The van der Waals surface area contributed by atoms with Crippen molar-refractivity contribution in [3.05, 3.63) is 73.1 Å². The minimum Gasteiger partial charge on any atom is -0.367 e. The first-order valence-corrected chi connectivity index (χ1v) is 9.52. The number of carbonyl (C=O) groups is 1. The summed E-state index contributed by atoms with van der Waals surface area (Å²) < 4.78 is 0.417. The molecule has 0 aliphatic carbocycles. The number of hydrogen-bond donors (Lipinski definition) is 1. The van der Waals surface area contributed by atoms with Crippen LogP contribution < -0.4 is 5.32 Å². The Morgan fingerprint density at radius 3 is 2.52 bits per heavy atom. The molecule has 0 spiro atoms. The van der Waals surface area contributed by atoms with Crippen LogP contribution in [0.1, 0.15) is 5.56 Å². The van der Waals surface area contributed by atoms with Gasteiger partial charge in [-0.05, 0) is 42.0 Å². The maximum absolute atomic E-state index is 12.6. The molecule has 1 amide bonds. The molecule has 138 valence electrons. The molecule has 0 bridgehead atoms. The summed E-state index contributed by atoms with van der Waals surface area (Å²) in [7, 11) is 0. The number of nitro groups is 1. The molecular weight excluding hydrogens is 429 g/mol. The molecule has 0 unspecified atom stereocenters. The number of nitrogens with zero attached hydrogens (tertiary/aromatic N) is 2. The van der Waals surface area contributed by atoms with Crippen molar-refractivity contribution in [1.29, 1.82) is 0 Å². The van der Waals surface area contributed by atoms with E-state index in [4.69, 9.17) is 35.4 Å². The van der Waals surface area contributed by atoms with Gasteiger partial charge >= 0.3 is 0 Å². The molecule has 1 heterocycles. The zero-order chi connectivity index (χ0) is 19.6. The van der Waals surface area contributed by atoms with E-state index in [1.165, 1.54) is 28.8 Å². The summed E-state index contributed by atoms with van der Waals surface area (Å²) in [6.45, 7) is 0.181. The van der Waals surface area contributed by atoms with Gasteiger partial charge in [0.2, 0.25) is 0 Å². The number of nitrogens with one attached hydrogen (secondary N) is 1. The average Bonchev–Trinajstić information content (AvgIpc) is 2.90. The topological polar surface area (TPSA) is 75.5 Å². The standard InChI is InChI=1S/C17H11Cl2N3O3S2/c18-13-6-3-11(8-14(13)19)20-9-21-16(23)15(27-17(21)26)7-10-1-4-12(5-2-10)22(24)25/h1-8,20H,9H2/b15-7+. The maximum atomic E-state index is 12.6. The van der Waals surface area contributed by atoms with E-state index in [1.807, 2.05) is 0 Å². The Hall–Kier alpha value is -2.13. The van der Waals surface area contributed by atoms with Gasteiger partial charge in [-0.15, -0.1) is 0 Å². The first-order valence-electron chi connectivity index (χ1n) is 7.54. The molecule has 1 N–H and O–H groups in total. The summed E-state index contributed by atoms with van der Waals surface area (Å²) in [5, 5.41) is 14.6. The Bertz CT molecular complexity index is 964. The second-order valence-corrected chi connectivity index (χ2v) is 7.91. The number of hydrogen-bond acceptors (Lipinski definition) is 6. The number of nitro benzene ring substituents is 1. The van der Waals surface area contributed by atoms with Crippen LogP contribution in [-0.4, -0.2) is 26.7 Å². The van der Waals surface area contributed by atoms with Crippen LogP contribution in [0.15, 0.2) is 47.4 Å². The van der Waals surface area contributed by atoms with Gasteiger partial charge in [-0.2, -0.15) is 0 Å². The van der Waals surface area contributed by atoms with E-state index in [-0.39, 0.29) is 18.3 Å². The molecule has 3 rings (SSSR count). The molecule has 2 aromatic rings. The number of carbonyl (C=O) groups excluding carboxylic acids is 1. The Morgan fingerprint density at radius 1 is 1.19 bits per heavy atom. The van der Waals surface area contributed by atoms with Crippen molar-refractivity contribution in [3.63, 3.8) is 0 Å². The summed E-state index contributed by atoms with van der Waals surface area (Å²) in [5.41, 5.74) is 1.38. The third-order valence-corrected chi connectivity index (χ3v) is 5.75. The molecule has 27 heavy (non-hydrogen) atoms. The first-order chi connectivity index (χ1) is 12.8. The van der Waals surface area contributed by atoms with Gasteiger partial charge in [0.1, 0.15) is 4.32 Å². The number of non-ortho nitro benzene ring substituents is 1. The van der Waals surface area contributed by atoms with Crippen molar-refractivity contribution in [2.24, 2.45) is 0 Å². The minimum absolute atomic E-state index is 0.00877. The number of anilines is 1. The molecule has 0 saturated carbocycles. The molecular formula is C17H11Cl2N3O3S2. The Labute approximate surface area is 174 Å². The largest absolute Gasteiger partial charge is 0.367 e. The molecule has 1 aliphatic heterocycles. The normalized spacial score (nSPS) is 15.5. The van der Waals surface area contributed by atoms with E-state index >= 15 is 0 Å². The van der Waals surface area contributed by atoms with Crippen molar-refractivity contribution in [3.8, 4) is 0 Å². The van der Waals surface area contributed by atoms with Gasteiger partial charge in [0.15, 0.2) is 0 Å². The number of rotatable bonds is 5. The summed E-state index contributed by atoms with van der Waals surface area (Å²) in [4.78, 5) is 24.7. The summed E-state index contributed by atoms with van der Waals surface area (Å²) in [6.07, 6.45) is 1.65. The molecule has 2 aromatic carbocycles. The summed E-state index contributed by atoms with van der Waals surface area (Å²) in [5.74, 6) is -0.240. The van der Waals surface area contributed by atoms with Gasteiger partial charge in [-0.1, -0.05) is 47.2 Å². The lowest BCUT2D eigenvalue weighted by Gasteiger charge is -2.16. The highest BCUT2D eigenvalue weighted by Crippen LogP contribution is 2.33. The summed E-state index contributed by atoms with van der Waals surface area (Å²) >= 11 is 18.3. The zero-order valence-corrected chi connectivity index (χ0v) is 16.7. The highest BCUT2D eigenvalue weighted by atomic mass is 35.5. The molecule has 1 saturated heterocycles. The number of thioether (sulfide) groups is 1. The second kappa shape index (κ2) is 8.26. The van der Waals surface area contributed by atoms with Crippen molar-refractivity contribution >= 4 is 74.9 Å². The Kier molecular flexibility index (Phi) is 6.01. The minimum atomic E-state index is -0.474. The fourth-order valence-corrected chi connectivity index (χ4v) is 3.81. The van der Waals surface area contributed by atoms with E-state index in [0.29, 0.717) is 30.5 Å². The molecule has 0 radical (unpaired) electrons. The molecule has 6 nitrogen and oxygen atoms in total. The van der Waals surface area contributed by atoms with Crippen LogP contribution in [0, 0.1) is 10.1 Å². The van der Waals surface area contributed by atoms with Gasteiger partial charge in [-0.25, -0.2) is 0 Å². The smallest absolute Gasteiger partial charge is 0.269 e. The van der Waals surface area contributed by atoms with Crippen molar-refractivity contribution in [2.75, 3.05) is 12.0 Å². The number of halogens is 2. The van der Waals surface area contributed by atoms with Gasteiger partial charge < -0.3 is 5.32 Å². The lowest BCUT2D eigenvalue weighted by Crippen LogP contribution is -2.33. The van der Waals surface area contributed by atoms with E-state index in [0.717, 1.165) is 0 Å². The summed E-state index contributed by atoms with van der Waals surface area (Å²) in [6, 6.07) is 11.0. The third-order valence-electron chi connectivity index (χ3n) is 3.64. The average molecular weight is 440 g/mol. The molecule has 1 fully saturated rings. The van der Waals surface area contributed by atoms with Gasteiger partial charge in [-0.3, -0.25) is 19.8 Å². The van der Waals surface area contributed by atoms with Gasteiger partial charge in [0, 0.05) is 17.8 Å². The monoisotopic (exact) mass is 439 g/mol. The molecule has 0 atom stereocenters. The lowest BCUT2D eigenvalue weighted by molar-refractivity contribution is -0.384. The van der Waals surface area contributed by atoms with E-state index in [2.05, 4.69) is 5.32 Å². The fraction of sp³-hybridized carbons (Fsp3) is 0.0588. The highest BCUT2D eigenvalue weighted by Gasteiger charge is 2.31. The van der Waals surface area contributed by atoms with E-state index in [9.17, 15) is 14.9 Å². The molecule has 0 aromatic heterocycles. The van der Waals surface area contributed by atoms with Crippen LogP contribution in [0.5, 0.6) is 0 Å². The third kappa shape index (κ3) is 4.59. The van der Waals surface area contributed by atoms with Crippen LogP contribution in [-0.2, 0) is 4.79 Å². The SMILES string of the molecule is O=C1/C(=C\c2ccc([N+](=O)[O-])cc2)SC(=S)N1CNc1ccc(Cl)c(Cl)c1. The van der Waals surface area contributed by atoms with Crippen LogP contribution >= 0.6 is 47.2 Å². The van der Waals surface area contributed by atoms with Crippen LogP contribution in [0.4, 0.5) is 11.4 Å². The zero-order valence-electron chi connectivity index (χ0n) is 13.5. The fourth-order valence-electron chi connectivity index (χ4n) is 2.26. The lowest BCUT2D eigenvalue weighted by atomic mass is 10.2. The van der Waals surface area contributed by atoms with Crippen LogP contribution in [0.25, 0.3) is 6.08 Å². The Balaban J connectivity index is 1.70. The van der Waals surface area contributed by atoms with E-state index < -0.39 is 4.92 Å². The maximum Gasteiger partial charge on any atom is 0.269 e. The predicted molar refractivity (Wildman–Crippen MR) is 113 cm³/mol. The van der Waals surface area contributed by atoms with Crippen molar-refractivity contribution in [1.82, 2.24) is 4.90 Å². The Morgan fingerprint density at radius 2 is 1.89 bits per heavy atom. The molecule has 1 aliphatic rings.